The van der Waals surface area contributed by atoms with Gasteiger partial charge in [0.1, 0.15) is 10.7 Å². The number of hydrogen-bond donors (Lipinski definition) is 0. The number of pyridine rings is 1. The third-order valence-electron chi connectivity index (χ3n) is 4.99. The van der Waals surface area contributed by atoms with Gasteiger partial charge in [0, 0.05) is 53.6 Å². The molecule has 4 heterocycles. The van der Waals surface area contributed by atoms with Gasteiger partial charge in [0.2, 0.25) is 0 Å². The molecule has 0 radical (unpaired) electrons. The molecule has 0 unspecified atom stereocenters. The topological polar surface area (TPSA) is 42.7 Å². The second-order valence-electron chi connectivity index (χ2n) is 6.79. The van der Waals surface area contributed by atoms with Crippen molar-refractivity contribution in [2.24, 2.45) is 0 Å². The van der Waals surface area contributed by atoms with Crippen molar-refractivity contribution in [2.45, 2.75) is 6.54 Å². The number of thiazole rings is 1. The lowest BCUT2D eigenvalue weighted by molar-refractivity contribution is 0.0336. The number of imidazole rings is 1. The smallest absolute Gasteiger partial charge is 0.137 e. The molecule has 5 nitrogen and oxygen atoms in total. The monoisotopic (exact) mass is 410 g/mol. The summed E-state index contributed by atoms with van der Waals surface area (Å²) >= 11 is 7.74. The average Bonchev–Trinajstić information content (AvgIpc) is 3.38. The van der Waals surface area contributed by atoms with Crippen LogP contribution in [0.1, 0.15) is 5.69 Å². The SMILES string of the molecule is Clc1ccc(-c2nc3ccc(-c4nccs4)cn3c2CN2CCOCC2)cc1. The van der Waals surface area contributed by atoms with E-state index in [1.165, 1.54) is 5.69 Å². The van der Waals surface area contributed by atoms with Crippen LogP contribution in [0.2, 0.25) is 5.02 Å². The van der Waals surface area contributed by atoms with Crippen molar-refractivity contribution < 1.29 is 4.74 Å². The van der Waals surface area contributed by atoms with Gasteiger partial charge >= 0.3 is 0 Å². The van der Waals surface area contributed by atoms with Gasteiger partial charge in [-0.2, -0.15) is 0 Å². The van der Waals surface area contributed by atoms with E-state index in [9.17, 15) is 0 Å². The predicted molar refractivity (Wildman–Crippen MR) is 113 cm³/mol. The van der Waals surface area contributed by atoms with Crippen molar-refractivity contribution in [3.63, 3.8) is 0 Å². The number of halogens is 1. The summed E-state index contributed by atoms with van der Waals surface area (Å²) in [7, 11) is 0. The Morgan fingerprint density at radius 2 is 1.82 bits per heavy atom. The summed E-state index contributed by atoms with van der Waals surface area (Å²) in [5.74, 6) is 0. The molecule has 1 aromatic carbocycles. The summed E-state index contributed by atoms with van der Waals surface area (Å²) in [4.78, 5) is 11.8. The minimum absolute atomic E-state index is 0.730. The third kappa shape index (κ3) is 3.44. The minimum atomic E-state index is 0.730. The van der Waals surface area contributed by atoms with E-state index in [1.54, 1.807) is 11.3 Å². The van der Waals surface area contributed by atoms with Crippen LogP contribution in [0.3, 0.4) is 0 Å². The highest BCUT2D eigenvalue weighted by Gasteiger charge is 2.19. The highest BCUT2D eigenvalue weighted by molar-refractivity contribution is 7.13. The van der Waals surface area contributed by atoms with E-state index < -0.39 is 0 Å². The maximum absolute atomic E-state index is 6.10. The van der Waals surface area contributed by atoms with Crippen LogP contribution in [0.4, 0.5) is 0 Å². The van der Waals surface area contributed by atoms with Gasteiger partial charge in [0.05, 0.1) is 24.6 Å². The van der Waals surface area contributed by atoms with E-state index in [-0.39, 0.29) is 0 Å². The summed E-state index contributed by atoms with van der Waals surface area (Å²) in [5, 5.41) is 3.75. The maximum Gasteiger partial charge on any atom is 0.137 e. The molecule has 0 spiro atoms. The van der Waals surface area contributed by atoms with Crippen LogP contribution in [0, 0.1) is 0 Å². The van der Waals surface area contributed by atoms with E-state index in [4.69, 9.17) is 21.3 Å². The van der Waals surface area contributed by atoms with Crippen LogP contribution in [0.25, 0.3) is 27.5 Å². The van der Waals surface area contributed by atoms with Crippen molar-refractivity contribution in [2.75, 3.05) is 26.3 Å². The van der Waals surface area contributed by atoms with Gasteiger partial charge in [0.25, 0.3) is 0 Å². The van der Waals surface area contributed by atoms with Crippen molar-refractivity contribution >= 4 is 28.6 Å². The third-order valence-corrected chi connectivity index (χ3v) is 6.07. The first-order chi connectivity index (χ1) is 13.8. The standard InChI is InChI=1S/C21H19ClN4OS/c22-17-4-1-15(2-5-17)20-18(14-25-8-10-27-11-9-25)26-13-16(3-6-19(26)24-20)21-23-7-12-28-21/h1-7,12-13H,8-11,14H2. The number of hydrogen-bond acceptors (Lipinski definition) is 5. The molecule has 5 rings (SSSR count). The number of ether oxygens (including phenoxy) is 1. The summed E-state index contributed by atoms with van der Waals surface area (Å²) in [6.45, 7) is 4.23. The van der Waals surface area contributed by atoms with Gasteiger partial charge in [-0.25, -0.2) is 9.97 Å². The van der Waals surface area contributed by atoms with Crippen LogP contribution >= 0.6 is 22.9 Å². The highest BCUT2D eigenvalue weighted by atomic mass is 35.5. The van der Waals surface area contributed by atoms with Crippen LogP contribution in [0.15, 0.2) is 54.2 Å². The molecule has 142 valence electrons. The quantitative estimate of drug-likeness (QED) is 0.492. The van der Waals surface area contributed by atoms with Gasteiger partial charge in [-0.1, -0.05) is 23.7 Å². The fraction of sp³-hybridized carbons (Fsp3) is 0.238. The summed E-state index contributed by atoms with van der Waals surface area (Å²) in [6.07, 6.45) is 3.99. The lowest BCUT2D eigenvalue weighted by Gasteiger charge is -2.26. The number of fused-ring (bicyclic) bond motifs is 1. The molecule has 0 bridgehead atoms. The highest BCUT2D eigenvalue weighted by Crippen LogP contribution is 2.29. The minimum Gasteiger partial charge on any atom is -0.379 e. The van der Waals surface area contributed by atoms with Crippen LogP contribution in [-0.2, 0) is 11.3 Å². The van der Waals surface area contributed by atoms with E-state index >= 15 is 0 Å². The van der Waals surface area contributed by atoms with Crippen LogP contribution in [-0.4, -0.2) is 45.6 Å². The van der Waals surface area contributed by atoms with Crippen molar-refractivity contribution in [1.29, 1.82) is 0 Å². The Morgan fingerprint density at radius 1 is 1.04 bits per heavy atom. The fourth-order valence-corrected chi connectivity index (χ4v) is 4.30. The second-order valence-corrected chi connectivity index (χ2v) is 8.12. The first-order valence-corrected chi connectivity index (χ1v) is 10.5. The zero-order valence-corrected chi connectivity index (χ0v) is 16.8. The number of nitrogens with zero attached hydrogens (tertiary/aromatic N) is 4. The van der Waals surface area contributed by atoms with Crippen molar-refractivity contribution in [3.8, 4) is 21.8 Å². The zero-order chi connectivity index (χ0) is 18.9. The summed E-state index contributed by atoms with van der Waals surface area (Å²) in [5.41, 5.74) is 5.29. The zero-order valence-electron chi connectivity index (χ0n) is 15.2. The molecule has 0 amide bonds. The molecule has 7 heteroatoms. The molecular formula is C21H19ClN4OS. The first kappa shape index (κ1) is 17.8. The molecule has 28 heavy (non-hydrogen) atoms. The van der Waals surface area contributed by atoms with Gasteiger partial charge < -0.3 is 9.14 Å². The maximum atomic E-state index is 6.10. The Kier molecular flexibility index (Phi) is 4.86. The Balaban J connectivity index is 1.64. The Bertz CT molecular complexity index is 1090. The average molecular weight is 411 g/mol. The van der Waals surface area contributed by atoms with Crippen molar-refractivity contribution in [3.05, 3.63) is 64.9 Å². The summed E-state index contributed by atoms with van der Waals surface area (Å²) in [6, 6.07) is 12.1. The lowest BCUT2D eigenvalue weighted by atomic mass is 10.1. The predicted octanol–water partition coefficient (Wildman–Crippen LogP) is 4.61. The molecule has 3 aromatic heterocycles. The van der Waals surface area contributed by atoms with E-state index in [2.05, 4.69) is 32.6 Å². The first-order valence-electron chi connectivity index (χ1n) is 9.25. The number of morpholine rings is 1. The Morgan fingerprint density at radius 3 is 2.57 bits per heavy atom. The molecular weight excluding hydrogens is 392 g/mol. The molecule has 1 saturated heterocycles. The Labute approximate surface area is 172 Å². The molecule has 1 aliphatic rings. The van der Waals surface area contributed by atoms with E-state index in [0.29, 0.717) is 0 Å². The van der Waals surface area contributed by atoms with E-state index in [0.717, 1.165) is 65.3 Å². The lowest BCUT2D eigenvalue weighted by Crippen LogP contribution is -2.36. The summed E-state index contributed by atoms with van der Waals surface area (Å²) < 4.78 is 7.72. The number of benzene rings is 1. The van der Waals surface area contributed by atoms with Crippen LogP contribution < -0.4 is 0 Å². The normalized spacial score (nSPS) is 15.3. The molecule has 4 aromatic rings. The van der Waals surface area contributed by atoms with Gasteiger partial charge in [0.15, 0.2) is 0 Å². The van der Waals surface area contributed by atoms with Gasteiger partial charge in [-0.3, -0.25) is 4.90 Å². The van der Waals surface area contributed by atoms with Gasteiger partial charge in [-0.05, 0) is 24.3 Å². The Hall–Kier alpha value is -2.25. The number of aromatic nitrogens is 3. The molecule has 0 aliphatic carbocycles. The molecule has 0 saturated carbocycles. The van der Waals surface area contributed by atoms with Crippen LogP contribution in [0.5, 0.6) is 0 Å². The molecule has 1 aliphatic heterocycles. The second kappa shape index (κ2) is 7.64. The van der Waals surface area contributed by atoms with E-state index in [1.807, 2.05) is 35.8 Å². The molecule has 0 atom stereocenters. The van der Waals surface area contributed by atoms with Crippen molar-refractivity contribution in [1.82, 2.24) is 19.3 Å². The largest absolute Gasteiger partial charge is 0.379 e. The molecule has 0 N–H and O–H groups in total. The molecule has 1 fully saturated rings. The fourth-order valence-electron chi connectivity index (χ4n) is 3.55. The number of rotatable bonds is 4. The van der Waals surface area contributed by atoms with Gasteiger partial charge in [-0.15, -0.1) is 11.3 Å².